The monoisotopic (exact) mass is 178 g/mol. The summed E-state index contributed by atoms with van der Waals surface area (Å²) >= 11 is 0. The molecule has 0 saturated heterocycles. The Morgan fingerprint density at radius 3 is 2.42 bits per heavy atom. The quantitative estimate of drug-likeness (QED) is 0.413. The van der Waals surface area contributed by atoms with E-state index in [1.54, 1.807) is 0 Å². The van der Waals surface area contributed by atoms with Gasteiger partial charge in [-0.25, -0.2) is 4.79 Å². The number of hydrogen-bond donors (Lipinski definition) is 2. The van der Waals surface area contributed by atoms with E-state index in [0.29, 0.717) is 0 Å². The summed E-state index contributed by atoms with van der Waals surface area (Å²) in [6.07, 6.45) is -1.20. The van der Waals surface area contributed by atoms with Crippen molar-refractivity contribution in [3.63, 3.8) is 0 Å². The molecular weight excluding hydrogens is 168 g/mol. The van der Waals surface area contributed by atoms with Crippen molar-refractivity contribution in [2.45, 2.75) is 13.2 Å². The van der Waals surface area contributed by atoms with E-state index in [1.165, 1.54) is 0 Å². The minimum absolute atomic E-state index is 0.563. The van der Waals surface area contributed by atoms with Gasteiger partial charge in [0.1, 0.15) is 13.2 Å². The minimum Gasteiger partial charge on any atom is -0.480 e. The Balaban J connectivity index is 3.67. The molecule has 0 spiro atoms. The van der Waals surface area contributed by atoms with Gasteiger partial charge < -0.3 is 19.7 Å². The predicted molar refractivity (Wildman–Crippen MR) is 36.2 cm³/mol. The number of hydrogen-bond acceptors (Lipinski definition) is 5. The van der Waals surface area contributed by atoms with Gasteiger partial charge in [-0.15, -0.1) is 0 Å². The van der Waals surface area contributed by atoms with Crippen LogP contribution in [0.3, 0.4) is 0 Å². The fourth-order valence-corrected chi connectivity index (χ4v) is 0.473. The lowest BCUT2D eigenvalue weighted by molar-refractivity contribution is -0.190. The molecule has 1 atom stereocenters. The van der Waals surface area contributed by atoms with Crippen molar-refractivity contribution >= 4 is 11.9 Å². The first kappa shape index (κ1) is 10.9. The number of aliphatic carboxylic acids is 1. The van der Waals surface area contributed by atoms with Crippen LogP contribution in [0.15, 0.2) is 0 Å². The average molecular weight is 178 g/mol. The molecule has 0 saturated carbocycles. The van der Waals surface area contributed by atoms with Crippen LogP contribution < -0.4 is 0 Å². The van der Waals surface area contributed by atoms with Crippen molar-refractivity contribution in [3.05, 3.63) is 0 Å². The molecule has 0 rings (SSSR count). The maximum atomic E-state index is 10.3. The highest BCUT2D eigenvalue weighted by Crippen LogP contribution is 1.93. The lowest BCUT2D eigenvalue weighted by Crippen LogP contribution is -2.26. The number of aliphatic hydroxyl groups is 1. The van der Waals surface area contributed by atoms with E-state index in [0.717, 1.165) is 6.92 Å². The number of carbonyl (C=O) groups is 2. The van der Waals surface area contributed by atoms with Crippen molar-refractivity contribution in [2.75, 3.05) is 13.2 Å². The van der Waals surface area contributed by atoms with Gasteiger partial charge in [0.05, 0.1) is 0 Å². The Hall–Kier alpha value is -1.14. The van der Waals surface area contributed by atoms with Gasteiger partial charge in [-0.2, -0.15) is 0 Å². The molecule has 2 N–H and O–H groups in total. The molecule has 6 heteroatoms. The van der Waals surface area contributed by atoms with Gasteiger partial charge in [0.15, 0.2) is 0 Å². The highest BCUT2D eigenvalue weighted by Gasteiger charge is 2.12. The third-order valence-electron chi connectivity index (χ3n) is 0.839. The smallest absolute Gasteiger partial charge is 0.329 e. The first-order valence-electron chi connectivity index (χ1n) is 3.17. The zero-order valence-corrected chi connectivity index (χ0v) is 6.52. The molecule has 0 aliphatic carbocycles. The third kappa shape index (κ3) is 5.63. The molecule has 0 aromatic carbocycles. The Kier molecular flexibility index (Phi) is 4.98. The van der Waals surface area contributed by atoms with Crippen molar-refractivity contribution in [2.24, 2.45) is 0 Å². The summed E-state index contributed by atoms with van der Waals surface area (Å²) in [4.78, 5) is 20.3. The van der Waals surface area contributed by atoms with Gasteiger partial charge in [0, 0.05) is 6.92 Å². The average Bonchev–Trinajstić information content (AvgIpc) is 1.97. The lowest BCUT2D eigenvalue weighted by Gasteiger charge is -2.12. The third-order valence-corrected chi connectivity index (χ3v) is 0.839. The zero-order chi connectivity index (χ0) is 9.56. The highest BCUT2D eigenvalue weighted by atomic mass is 16.7. The van der Waals surface area contributed by atoms with Crippen LogP contribution in [0.1, 0.15) is 6.92 Å². The van der Waals surface area contributed by atoms with E-state index in [9.17, 15) is 9.59 Å². The van der Waals surface area contributed by atoms with Crippen molar-refractivity contribution in [1.82, 2.24) is 0 Å². The molecule has 0 bridgehead atoms. The number of aliphatic hydroxyl groups excluding tert-OH is 1. The second-order valence-electron chi connectivity index (χ2n) is 1.93. The van der Waals surface area contributed by atoms with E-state index >= 15 is 0 Å². The fraction of sp³-hybridized carbons (Fsp3) is 0.667. The highest BCUT2D eigenvalue weighted by molar-refractivity contribution is 5.68. The summed E-state index contributed by atoms with van der Waals surface area (Å²) < 4.78 is 8.85. The van der Waals surface area contributed by atoms with Crippen LogP contribution in [0.4, 0.5) is 0 Å². The molecule has 0 radical (unpaired) electrons. The van der Waals surface area contributed by atoms with Crippen LogP contribution in [0, 0.1) is 0 Å². The molecular formula is C6H10O6. The van der Waals surface area contributed by atoms with Crippen LogP contribution in [-0.4, -0.2) is 41.7 Å². The Labute approximate surface area is 68.7 Å². The maximum absolute atomic E-state index is 10.3. The van der Waals surface area contributed by atoms with Gasteiger partial charge >= 0.3 is 11.9 Å². The van der Waals surface area contributed by atoms with E-state index < -0.39 is 31.4 Å². The lowest BCUT2D eigenvalue weighted by atomic mass is 10.6. The van der Waals surface area contributed by atoms with Gasteiger partial charge in [-0.3, -0.25) is 4.79 Å². The van der Waals surface area contributed by atoms with E-state index in [-0.39, 0.29) is 0 Å². The molecule has 12 heavy (non-hydrogen) atoms. The zero-order valence-electron chi connectivity index (χ0n) is 6.52. The molecule has 70 valence electrons. The number of esters is 1. The van der Waals surface area contributed by atoms with E-state index in [1.807, 2.05) is 0 Å². The Morgan fingerprint density at radius 1 is 1.50 bits per heavy atom. The van der Waals surface area contributed by atoms with E-state index in [2.05, 4.69) is 9.47 Å². The van der Waals surface area contributed by atoms with Crippen LogP contribution in [0.2, 0.25) is 0 Å². The second kappa shape index (κ2) is 5.50. The predicted octanol–water partition coefficient (Wildman–Crippen LogP) is -1.03. The summed E-state index contributed by atoms with van der Waals surface area (Å²) in [5.41, 5.74) is 0. The molecule has 0 heterocycles. The molecule has 6 nitrogen and oxygen atoms in total. The number of carboxylic acids is 1. The Morgan fingerprint density at radius 2 is 2.08 bits per heavy atom. The summed E-state index contributed by atoms with van der Waals surface area (Å²) in [6, 6.07) is 0. The van der Waals surface area contributed by atoms with Gasteiger partial charge in [-0.1, -0.05) is 0 Å². The van der Waals surface area contributed by atoms with Gasteiger partial charge in [-0.05, 0) is 0 Å². The summed E-state index contributed by atoms with van der Waals surface area (Å²) in [7, 11) is 0. The van der Waals surface area contributed by atoms with Crippen LogP contribution >= 0.6 is 0 Å². The fourth-order valence-electron chi connectivity index (χ4n) is 0.473. The maximum Gasteiger partial charge on any atom is 0.329 e. The first-order chi connectivity index (χ1) is 5.56. The van der Waals surface area contributed by atoms with Crippen LogP contribution in [-0.2, 0) is 19.1 Å². The molecule has 0 unspecified atom stereocenters. The summed E-state index contributed by atoms with van der Waals surface area (Å²) in [6.45, 7) is -0.0435. The topological polar surface area (TPSA) is 93.1 Å². The molecule has 0 fully saturated rings. The van der Waals surface area contributed by atoms with E-state index in [4.69, 9.17) is 10.2 Å². The van der Waals surface area contributed by atoms with Crippen molar-refractivity contribution in [1.29, 1.82) is 0 Å². The summed E-state index contributed by atoms with van der Waals surface area (Å²) in [5.74, 6) is -1.83. The van der Waals surface area contributed by atoms with Crippen LogP contribution in [0.5, 0.6) is 0 Å². The van der Waals surface area contributed by atoms with Gasteiger partial charge in [0.25, 0.3) is 0 Å². The number of carbonyl (C=O) groups excluding carboxylic acids is 1. The SMILES string of the molecule is CC(=O)O[C@@H](CO)OCC(=O)O. The number of rotatable bonds is 5. The normalized spacial score (nSPS) is 12.2. The molecule has 0 aromatic rings. The number of carboxylic acid groups (broad SMARTS) is 1. The van der Waals surface area contributed by atoms with Crippen molar-refractivity contribution < 1.29 is 29.3 Å². The first-order valence-corrected chi connectivity index (χ1v) is 3.17. The largest absolute Gasteiger partial charge is 0.480 e. The molecule has 0 amide bonds. The van der Waals surface area contributed by atoms with Crippen LogP contribution in [0.25, 0.3) is 0 Å². The standard InChI is InChI=1S/C6H10O6/c1-4(8)12-6(2-7)11-3-5(9)10/h6-7H,2-3H2,1H3,(H,9,10)/t6-/m0/s1. The van der Waals surface area contributed by atoms with Crippen molar-refractivity contribution in [3.8, 4) is 0 Å². The molecule has 0 aliphatic rings. The van der Waals surface area contributed by atoms with Gasteiger partial charge in [0.2, 0.25) is 6.29 Å². The minimum atomic E-state index is -1.20. The molecule has 0 aromatic heterocycles. The second-order valence-corrected chi connectivity index (χ2v) is 1.93. The Bertz CT molecular complexity index is 165. The summed E-state index contributed by atoms with van der Waals surface area (Å²) in [5, 5.41) is 16.6. The number of ether oxygens (including phenoxy) is 2. The molecule has 0 aliphatic heterocycles.